The number of nitrogens with zero attached hydrogens (tertiary/aromatic N) is 2. The van der Waals surface area contributed by atoms with Gasteiger partial charge in [-0.1, -0.05) is 0 Å². The molecule has 1 aromatic rings. The maximum atomic E-state index is 12.7. The van der Waals surface area contributed by atoms with Gasteiger partial charge in [-0.15, -0.1) is 0 Å². The number of likely N-dealkylation sites (N-methyl/N-ethyl adjacent to an activating group) is 1. The highest BCUT2D eigenvalue weighted by Gasteiger charge is 2.50. The summed E-state index contributed by atoms with van der Waals surface area (Å²) in [6.07, 6.45) is 1.70. The average Bonchev–Trinajstić information content (AvgIpc) is 2.74. The van der Waals surface area contributed by atoms with Crippen LogP contribution < -0.4 is 9.88 Å². The van der Waals surface area contributed by atoms with Crippen molar-refractivity contribution in [3.05, 3.63) is 23.8 Å². The number of hydrogen-bond donors (Lipinski definition) is 2. The Hall–Kier alpha value is -2.21. The van der Waals surface area contributed by atoms with Gasteiger partial charge >= 0.3 is 0 Å². The molecule has 0 saturated carbocycles. The van der Waals surface area contributed by atoms with E-state index in [-0.39, 0.29) is 36.0 Å². The van der Waals surface area contributed by atoms with Crippen molar-refractivity contribution >= 4 is 21.8 Å². The van der Waals surface area contributed by atoms with E-state index in [1.54, 1.807) is 30.7 Å². The normalized spacial score (nSPS) is 25.0. The molecule has 11 heteroatoms. The Morgan fingerprint density at radius 3 is 2.52 bits per heavy atom. The second kappa shape index (κ2) is 9.21. The summed E-state index contributed by atoms with van der Waals surface area (Å²) in [5, 5.41) is 15.9. The standard InChI is InChI=1S/C22H33N3O7S/c1-15-11-17(33(23,29)30)5-6-18(15)31-13-20(27)25-9-7-22(8-10-25)12-19(24(4)16(2)26)21(3,28)14-32-22/h5-6,11,19,28H,7-10,12-14H2,1-4H3,(H2,23,29,30)/t19-,21-/m0/s1. The second-order valence-corrected chi connectivity index (χ2v) is 10.9. The number of ether oxygens (including phenoxy) is 2. The lowest BCUT2D eigenvalue weighted by Crippen LogP contribution is -2.64. The molecule has 2 saturated heterocycles. The zero-order chi connectivity index (χ0) is 24.6. The molecule has 0 bridgehead atoms. The van der Waals surface area contributed by atoms with Crippen LogP contribution in [0.15, 0.2) is 23.1 Å². The van der Waals surface area contributed by atoms with E-state index in [1.807, 2.05) is 0 Å². The highest BCUT2D eigenvalue weighted by Crippen LogP contribution is 2.40. The van der Waals surface area contributed by atoms with E-state index >= 15 is 0 Å². The van der Waals surface area contributed by atoms with Crippen molar-refractivity contribution in [2.24, 2.45) is 5.14 Å². The van der Waals surface area contributed by atoms with Crippen LogP contribution in [-0.4, -0.2) is 85.7 Å². The molecule has 2 atom stereocenters. The van der Waals surface area contributed by atoms with Gasteiger partial charge in [0.25, 0.3) is 5.91 Å². The number of rotatable bonds is 5. The molecule has 2 fully saturated rings. The first-order chi connectivity index (χ1) is 15.2. The van der Waals surface area contributed by atoms with Crippen molar-refractivity contribution in [2.45, 2.75) is 62.2 Å². The topological polar surface area (TPSA) is 139 Å². The van der Waals surface area contributed by atoms with Crippen LogP contribution in [0.3, 0.4) is 0 Å². The summed E-state index contributed by atoms with van der Waals surface area (Å²) in [5.41, 5.74) is -1.06. The van der Waals surface area contributed by atoms with E-state index in [9.17, 15) is 23.1 Å². The minimum Gasteiger partial charge on any atom is -0.483 e. The van der Waals surface area contributed by atoms with Crippen LogP contribution in [0, 0.1) is 6.92 Å². The molecule has 2 aliphatic rings. The van der Waals surface area contributed by atoms with Gasteiger partial charge < -0.3 is 24.4 Å². The van der Waals surface area contributed by atoms with E-state index in [0.29, 0.717) is 43.7 Å². The lowest BCUT2D eigenvalue weighted by Gasteiger charge is -2.52. The number of nitrogens with two attached hydrogens (primary N) is 1. The molecule has 3 rings (SSSR count). The summed E-state index contributed by atoms with van der Waals surface area (Å²) < 4.78 is 34.6. The van der Waals surface area contributed by atoms with Gasteiger partial charge in [-0.25, -0.2) is 13.6 Å². The van der Waals surface area contributed by atoms with Gasteiger partial charge in [0, 0.05) is 27.1 Å². The number of carbonyl (C=O) groups excluding carboxylic acids is 2. The fourth-order valence-electron chi connectivity index (χ4n) is 4.50. The molecular weight excluding hydrogens is 450 g/mol. The van der Waals surface area contributed by atoms with E-state index in [0.717, 1.165) is 0 Å². The Bertz CT molecular complexity index is 1020. The molecule has 1 spiro atoms. The van der Waals surface area contributed by atoms with Crippen LogP contribution in [-0.2, 0) is 24.3 Å². The average molecular weight is 484 g/mol. The Kier molecular flexibility index (Phi) is 7.09. The number of amides is 2. The van der Waals surface area contributed by atoms with Crippen molar-refractivity contribution in [1.29, 1.82) is 0 Å². The summed E-state index contributed by atoms with van der Waals surface area (Å²) in [4.78, 5) is 27.9. The number of carbonyl (C=O) groups is 2. The first kappa shape index (κ1) is 25.4. The van der Waals surface area contributed by atoms with Crippen LogP contribution in [0.1, 0.15) is 38.7 Å². The number of aliphatic hydroxyl groups is 1. The number of aryl methyl sites for hydroxylation is 1. The number of benzene rings is 1. The van der Waals surface area contributed by atoms with Crippen molar-refractivity contribution in [3.63, 3.8) is 0 Å². The Labute approximate surface area is 194 Å². The Morgan fingerprint density at radius 2 is 1.97 bits per heavy atom. The van der Waals surface area contributed by atoms with E-state index in [2.05, 4.69) is 0 Å². The fourth-order valence-corrected chi connectivity index (χ4v) is 5.10. The highest BCUT2D eigenvalue weighted by molar-refractivity contribution is 7.89. The van der Waals surface area contributed by atoms with Crippen molar-refractivity contribution in [1.82, 2.24) is 9.80 Å². The summed E-state index contributed by atoms with van der Waals surface area (Å²) >= 11 is 0. The lowest BCUT2D eigenvalue weighted by atomic mass is 9.77. The number of likely N-dealkylation sites (tertiary alicyclic amines) is 1. The first-order valence-electron chi connectivity index (χ1n) is 10.9. The Balaban J connectivity index is 1.57. The third-order valence-electron chi connectivity index (χ3n) is 6.77. The quantitative estimate of drug-likeness (QED) is 0.618. The SMILES string of the molecule is CC(=O)N(C)[C@H]1CC2(CCN(C(=O)COc3ccc(S(N)(=O)=O)cc3C)CC2)OC[C@]1(C)O. The number of sulfonamides is 1. The minimum absolute atomic E-state index is 0.0137. The van der Waals surface area contributed by atoms with Crippen molar-refractivity contribution in [3.8, 4) is 5.75 Å². The highest BCUT2D eigenvalue weighted by atomic mass is 32.2. The number of primary sulfonamides is 1. The summed E-state index contributed by atoms with van der Waals surface area (Å²) in [7, 11) is -2.12. The molecule has 2 heterocycles. The molecule has 2 amide bonds. The number of hydrogen-bond acceptors (Lipinski definition) is 7. The molecule has 3 N–H and O–H groups in total. The Morgan fingerprint density at radius 1 is 1.33 bits per heavy atom. The van der Waals surface area contributed by atoms with Crippen LogP contribution in [0.5, 0.6) is 5.75 Å². The van der Waals surface area contributed by atoms with Gasteiger partial charge in [0.2, 0.25) is 15.9 Å². The monoisotopic (exact) mass is 483 g/mol. The van der Waals surface area contributed by atoms with E-state index in [1.165, 1.54) is 25.1 Å². The molecule has 1 aromatic carbocycles. The molecular formula is C22H33N3O7S. The molecule has 10 nitrogen and oxygen atoms in total. The largest absolute Gasteiger partial charge is 0.483 e. The predicted octanol–water partition coefficient (Wildman–Crippen LogP) is 0.401. The summed E-state index contributed by atoms with van der Waals surface area (Å²) in [6.45, 7) is 5.74. The van der Waals surface area contributed by atoms with Crippen LogP contribution in [0.25, 0.3) is 0 Å². The van der Waals surface area contributed by atoms with Gasteiger partial charge in [-0.3, -0.25) is 9.59 Å². The van der Waals surface area contributed by atoms with E-state index < -0.39 is 21.2 Å². The van der Waals surface area contributed by atoms with Gasteiger partial charge in [-0.05, 0) is 56.9 Å². The second-order valence-electron chi connectivity index (χ2n) is 9.32. The molecule has 184 valence electrons. The van der Waals surface area contributed by atoms with Crippen molar-refractivity contribution in [2.75, 3.05) is 33.4 Å². The van der Waals surface area contributed by atoms with Crippen molar-refractivity contribution < 1.29 is 32.6 Å². The van der Waals surface area contributed by atoms with E-state index in [4.69, 9.17) is 14.6 Å². The lowest BCUT2D eigenvalue weighted by molar-refractivity contribution is -0.209. The molecule has 33 heavy (non-hydrogen) atoms. The smallest absolute Gasteiger partial charge is 0.260 e. The predicted molar refractivity (Wildman–Crippen MR) is 120 cm³/mol. The van der Waals surface area contributed by atoms with Crippen LogP contribution >= 0.6 is 0 Å². The fraction of sp³-hybridized carbons (Fsp3) is 0.636. The maximum absolute atomic E-state index is 12.7. The third kappa shape index (κ3) is 5.65. The zero-order valence-corrected chi connectivity index (χ0v) is 20.4. The minimum atomic E-state index is -3.81. The van der Waals surface area contributed by atoms with Gasteiger partial charge in [0.15, 0.2) is 6.61 Å². The molecule has 2 aliphatic heterocycles. The summed E-state index contributed by atoms with van der Waals surface area (Å²) in [5.74, 6) is 0.117. The van der Waals surface area contributed by atoms with Crippen LogP contribution in [0.2, 0.25) is 0 Å². The third-order valence-corrected chi connectivity index (χ3v) is 7.68. The molecule has 0 radical (unpaired) electrons. The zero-order valence-electron chi connectivity index (χ0n) is 19.5. The maximum Gasteiger partial charge on any atom is 0.260 e. The first-order valence-corrected chi connectivity index (χ1v) is 12.4. The molecule has 0 aliphatic carbocycles. The molecule has 0 aromatic heterocycles. The summed E-state index contributed by atoms with van der Waals surface area (Å²) in [6, 6.07) is 3.87. The number of piperidine rings is 1. The molecule has 0 unspecified atom stereocenters. The van der Waals surface area contributed by atoms with Gasteiger partial charge in [-0.2, -0.15) is 0 Å². The van der Waals surface area contributed by atoms with Gasteiger partial charge in [0.1, 0.15) is 11.4 Å². The van der Waals surface area contributed by atoms with Gasteiger partial charge in [0.05, 0.1) is 23.1 Å². The van der Waals surface area contributed by atoms with Crippen LogP contribution in [0.4, 0.5) is 0 Å².